The molecule has 0 heterocycles. The summed E-state index contributed by atoms with van der Waals surface area (Å²) in [4.78, 5) is 19.2. The van der Waals surface area contributed by atoms with E-state index in [2.05, 4.69) is 0 Å². The van der Waals surface area contributed by atoms with E-state index in [0.29, 0.717) is 5.75 Å². The summed E-state index contributed by atoms with van der Waals surface area (Å²) in [6.45, 7) is 1.80. The summed E-state index contributed by atoms with van der Waals surface area (Å²) in [5, 5.41) is 0. The topological polar surface area (TPSA) is 46.1 Å². The average molecular weight is 170 g/mol. The Bertz CT molecular complexity index is 39.2. The monoisotopic (exact) mass is 170 g/mol. The van der Waals surface area contributed by atoms with E-state index in [0.717, 1.165) is 11.4 Å². The Morgan fingerprint density at radius 2 is 1.75 bits per heavy atom. The van der Waals surface area contributed by atoms with Gasteiger partial charge in [-0.05, 0) is 5.75 Å². The van der Waals surface area contributed by atoms with Gasteiger partial charge in [-0.3, -0.25) is 0 Å². The minimum Gasteiger partial charge on any atom is -0.834 e. The van der Waals surface area contributed by atoms with Gasteiger partial charge in [0.25, 0.3) is 0 Å². The number of hydrogen-bond donors (Lipinski definition) is 0. The van der Waals surface area contributed by atoms with Gasteiger partial charge in [0.15, 0.2) is 0 Å². The third-order valence-electron chi connectivity index (χ3n) is 0.235. The molecular weight excluding hydrogens is 165 g/mol. The van der Waals surface area contributed by atoms with Crippen molar-refractivity contribution in [3.63, 3.8) is 0 Å². The maximum atomic E-state index is 9.60. The molecule has 0 aromatic heterocycles. The van der Waals surface area contributed by atoms with Crippen LogP contribution < -0.4 is 68.9 Å². The molecule has 0 spiro atoms. The van der Waals surface area contributed by atoms with Crippen LogP contribution in [-0.2, 0) is 0 Å². The van der Waals surface area contributed by atoms with Crippen LogP contribution in [0.2, 0.25) is 0 Å². The van der Waals surface area contributed by atoms with Gasteiger partial charge in [-0.15, -0.1) is 0 Å². The zero-order valence-corrected chi connectivity index (χ0v) is 11.1. The van der Waals surface area contributed by atoms with Crippen molar-refractivity contribution in [3.05, 3.63) is 0 Å². The van der Waals surface area contributed by atoms with Crippen molar-refractivity contribution in [2.24, 2.45) is 0 Å². The Balaban J connectivity index is -0.000000125. The van der Waals surface area contributed by atoms with Crippen LogP contribution in [0.4, 0.5) is 0 Å². The van der Waals surface area contributed by atoms with Crippen LogP contribution in [0.25, 0.3) is 0 Å². The predicted molar refractivity (Wildman–Crippen MR) is 25.1 cm³/mol. The SMILES string of the molecule is CCSP([O-])[O-].[Na+].[Na+]. The fourth-order valence-corrected chi connectivity index (χ4v) is 0.949. The minimum absolute atomic E-state index is 0. The van der Waals surface area contributed by atoms with Gasteiger partial charge in [0.2, 0.25) is 0 Å². The molecule has 2 nitrogen and oxygen atoms in total. The molecule has 0 saturated heterocycles. The molecule has 0 aliphatic carbocycles. The first-order chi connectivity index (χ1) is 2.77. The van der Waals surface area contributed by atoms with Gasteiger partial charge >= 0.3 is 59.1 Å². The van der Waals surface area contributed by atoms with Crippen molar-refractivity contribution < 1.29 is 68.9 Å². The first-order valence-electron chi connectivity index (χ1n) is 1.54. The Morgan fingerprint density at radius 3 is 1.75 bits per heavy atom. The van der Waals surface area contributed by atoms with Crippen molar-refractivity contribution in [1.82, 2.24) is 0 Å². The van der Waals surface area contributed by atoms with Crippen LogP contribution in [-0.4, -0.2) is 5.75 Å². The second-order valence-electron chi connectivity index (χ2n) is 0.641. The molecule has 0 rings (SSSR count). The van der Waals surface area contributed by atoms with Gasteiger partial charge in [-0.1, -0.05) is 6.92 Å². The second kappa shape index (κ2) is 12.4. The summed E-state index contributed by atoms with van der Waals surface area (Å²) in [6.07, 6.45) is 0. The molecule has 0 aromatic carbocycles. The Kier molecular flexibility index (Phi) is 26.3. The third kappa shape index (κ3) is 15.9. The second-order valence-corrected chi connectivity index (χ2v) is 3.59. The molecule has 0 bridgehead atoms. The van der Waals surface area contributed by atoms with Crippen LogP contribution in [0.15, 0.2) is 0 Å². The molecule has 8 heavy (non-hydrogen) atoms. The maximum Gasteiger partial charge on any atom is 1.00 e. The summed E-state index contributed by atoms with van der Waals surface area (Å²) in [5.74, 6) is 0.651. The standard InChI is InChI=1S/C2H5O2PS.2Na/c1-2-6-5(3)4;;/h2H2,1H3;;/q-2;2*+1. The van der Waals surface area contributed by atoms with Crippen LogP contribution in [0, 0.1) is 0 Å². The minimum atomic E-state index is -2.18. The van der Waals surface area contributed by atoms with E-state index in [1.165, 1.54) is 0 Å². The molecule has 0 saturated carbocycles. The van der Waals surface area contributed by atoms with E-state index in [9.17, 15) is 9.79 Å². The Morgan fingerprint density at radius 1 is 1.38 bits per heavy atom. The summed E-state index contributed by atoms with van der Waals surface area (Å²) >= 11 is 0.940. The Hall–Kier alpha value is 2.70. The normalized spacial score (nSPS) is 7.50. The van der Waals surface area contributed by atoms with Crippen LogP contribution >= 0.6 is 19.0 Å². The quantitative estimate of drug-likeness (QED) is 0.306. The Labute approximate surface area is 99.1 Å². The van der Waals surface area contributed by atoms with Gasteiger partial charge < -0.3 is 9.79 Å². The molecule has 0 aromatic rings. The van der Waals surface area contributed by atoms with E-state index in [1.54, 1.807) is 6.92 Å². The largest absolute Gasteiger partial charge is 1.00 e. The molecule has 0 aliphatic heterocycles. The van der Waals surface area contributed by atoms with Gasteiger partial charge in [0, 0.05) is 0 Å². The zero-order valence-electron chi connectivity index (χ0n) is 5.38. The summed E-state index contributed by atoms with van der Waals surface area (Å²) < 4.78 is 0. The molecule has 0 radical (unpaired) electrons. The van der Waals surface area contributed by atoms with E-state index in [-0.39, 0.29) is 59.1 Å². The first-order valence-corrected chi connectivity index (χ1v) is 4.31. The molecular formula is C2H5Na2O2PS. The third-order valence-corrected chi connectivity index (χ3v) is 2.11. The molecule has 0 unspecified atom stereocenters. The molecule has 6 heteroatoms. The van der Waals surface area contributed by atoms with E-state index in [1.807, 2.05) is 0 Å². The molecule has 0 atom stereocenters. The zero-order chi connectivity index (χ0) is 4.99. The van der Waals surface area contributed by atoms with Crippen LogP contribution in [0.5, 0.6) is 0 Å². The van der Waals surface area contributed by atoms with Gasteiger partial charge in [0.1, 0.15) is 0 Å². The number of hydrogen-bond acceptors (Lipinski definition) is 3. The van der Waals surface area contributed by atoms with Gasteiger partial charge in [-0.25, -0.2) is 7.58 Å². The van der Waals surface area contributed by atoms with E-state index < -0.39 is 7.58 Å². The smallest absolute Gasteiger partial charge is 0.834 e. The molecule has 0 amide bonds. The predicted octanol–water partition coefficient (Wildman–Crippen LogP) is -6.30. The van der Waals surface area contributed by atoms with Gasteiger partial charge in [0.05, 0.1) is 0 Å². The van der Waals surface area contributed by atoms with Crippen molar-refractivity contribution in [2.45, 2.75) is 6.92 Å². The molecule has 38 valence electrons. The number of rotatable bonds is 2. The summed E-state index contributed by atoms with van der Waals surface area (Å²) in [6, 6.07) is 0. The summed E-state index contributed by atoms with van der Waals surface area (Å²) in [7, 11) is -2.18. The fourth-order valence-electron chi connectivity index (χ4n) is 0.105. The first kappa shape index (κ1) is 17.0. The van der Waals surface area contributed by atoms with Crippen molar-refractivity contribution >= 4 is 19.0 Å². The summed E-state index contributed by atoms with van der Waals surface area (Å²) in [5.41, 5.74) is 0. The average Bonchev–Trinajstić information content (AvgIpc) is 1.35. The van der Waals surface area contributed by atoms with Gasteiger partial charge in [-0.2, -0.15) is 11.4 Å². The van der Waals surface area contributed by atoms with E-state index in [4.69, 9.17) is 0 Å². The van der Waals surface area contributed by atoms with Crippen molar-refractivity contribution in [1.29, 1.82) is 0 Å². The molecule has 0 aliphatic rings. The molecule has 0 N–H and O–H groups in total. The molecule has 0 fully saturated rings. The maximum absolute atomic E-state index is 9.60. The van der Waals surface area contributed by atoms with Crippen molar-refractivity contribution in [3.8, 4) is 0 Å². The van der Waals surface area contributed by atoms with Crippen molar-refractivity contribution in [2.75, 3.05) is 5.75 Å². The van der Waals surface area contributed by atoms with E-state index >= 15 is 0 Å². The fraction of sp³-hybridized carbons (Fsp3) is 1.00. The van der Waals surface area contributed by atoms with Crippen LogP contribution in [0.3, 0.4) is 0 Å². The van der Waals surface area contributed by atoms with Crippen LogP contribution in [0.1, 0.15) is 6.92 Å².